The van der Waals surface area contributed by atoms with Gasteiger partial charge in [-0.05, 0) is 13.0 Å². The molecule has 0 saturated carbocycles. The third-order valence-corrected chi connectivity index (χ3v) is 3.19. The molecule has 0 spiro atoms. The van der Waals surface area contributed by atoms with Crippen LogP contribution < -0.4 is 0 Å². The molecular formula is C9H6ClFN2S. The lowest BCUT2D eigenvalue weighted by Gasteiger charge is -1.93. The average molecular weight is 229 g/mol. The number of rotatable bonds is 1. The van der Waals surface area contributed by atoms with E-state index < -0.39 is 0 Å². The first-order chi connectivity index (χ1) is 6.66. The molecule has 0 fully saturated rings. The van der Waals surface area contributed by atoms with Crippen LogP contribution in [-0.2, 0) is 0 Å². The Bertz CT molecular complexity index is 450. The van der Waals surface area contributed by atoms with Gasteiger partial charge in [-0.2, -0.15) is 0 Å². The number of nitrogens with zero attached hydrogens (tertiary/aromatic N) is 2. The van der Waals surface area contributed by atoms with Gasteiger partial charge in [0.05, 0.1) is 6.20 Å². The van der Waals surface area contributed by atoms with Crippen molar-refractivity contribution >= 4 is 22.9 Å². The van der Waals surface area contributed by atoms with Crippen molar-refractivity contribution in [3.8, 4) is 10.6 Å². The molecule has 2 heterocycles. The minimum Gasteiger partial charge on any atom is -0.261 e. The van der Waals surface area contributed by atoms with E-state index in [9.17, 15) is 4.39 Å². The molecule has 0 aliphatic rings. The molecule has 2 aromatic rings. The number of halogens is 2. The van der Waals surface area contributed by atoms with Crippen molar-refractivity contribution in [2.24, 2.45) is 0 Å². The van der Waals surface area contributed by atoms with Gasteiger partial charge >= 0.3 is 0 Å². The summed E-state index contributed by atoms with van der Waals surface area (Å²) in [4.78, 5) is 8.77. The number of thiazole rings is 1. The monoisotopic (exact) mass is 228 g/mol. The first-order valence-electron chi connectivity index (χ1n) is 3.90. The van der Waals surface area contributed by atoms with Gasteiger partial charge in [0.25, 0.3) is 0 Å². The second-order valence-corrected chi connectivity index (χ2v) is 4.32. The summed E-state index contributed by atoms with van der Waals surface area (Å²) in [6.45, 7) is 1.87. The third kappa shape index (κ3) is 1.76. The number of hydrogen-bond acceptors (Lipinski definition) is 3. The van der Waals surface area contributed by atoms with E-state index in [-0.39, 0.29) is 5.82 Å². The molecular weight excluding hydrogens is 223 g/mol. The highest BCUT2D eigenvalue weighted by atomic mass is 35.5. The van der Waals surface area contributed by atoms with E-state index in [0.717, 1.165) is 11.1 Å². The maximum Gasteiger partial charge on any atom is 0.143 e. The molecule has 14 heavy (non-hydrogen) atoms. The zero-order chi connectivity index (χ0) is 10.1. The summed E-state index contributed by atoms with van der Waals surface area (Å²) in [6.07, 6.45) is 2.73. The predicted octanol–water partition coefficient (Wildman–Crippen LogP) is 3.31. The van der Waals surface area contributed by atoms with E-state index >= 15 is 0 Å². The Labute approximate surface area is 89.4 Å². The minimum absolute atomic E-state index is 0.369. The van der Waals surface area contributed by atoms with Crippen LogP contribution in [-0.4, -0.2) is 9.97 Å². The summed E-state index contributed by atoms with van der Waals surface area (Å²) < 4.78 is 12.8. The highest BCUT2D eigenvalue weighted by Crippen LogP contribution is 2.29. The molecule has 0 aliphatic heterocycles. The normalized spacial score (nSPS) is 10.5. The molecule has 0 saturated heterocycles. The Hall–Kier alpha value is -1.00. The van der Waals surface area contributed by atoms with E-state index in [1.165, 1.54) is 17.4 Å². The molecule has 2 aromatic heterocycles. The maximum atomic E-state index is 12.8. The van der Waals surface area contributed by atoms with Crippen LogP contribution in [0.2, 0.25) is 5.15 Å². The van der Waals surface area contributed by atoms with Gasteiger partial charge in [0, 0.05) is 16.6 Å². The van der Waals surface area contributed by atoms with Gasteiger partial charge < -0.3 is 0 Å². The van der Waals surface area contributed by atoms with Crippen molar-refractivity contribution < 1.29 is 4.39 Å². The molecule has 2 rings (SSSR count). The molecule has 0 aliphatic carbocycles. The van der Waals surface area contributed by atoms with Crippen LogP contribution in [0.25, 0.3) is 10.6 Å². The number of aromatic nitrogens is 2. The lowest BCUT2D eigenvalue weighted by atomic mass is 10.3. The molecule has 5 heteroatoms. The van der Waals surface area contributed by atoms with Crippen LogP contribution in [0.3, 0.4) is 0 Å². The topological polar surface area (TPSA) is 25.8 Å². The van der Waals surface area contributed by atoms with Gasteiger partial charge in [0.15, 0.2) is 0 Å². The second-order valence-electron chi connectivity index (χ2n) is 2.76. The molecule has 0 bridgehead atoms. The Morgan fingerprint density at radius 1 is 1.43 bits per heavy atom. The fraction of sp³-hybridized carbons (Fsp3) is 0.111. The number of pyridine rings is 1. The SMILES string of the molecule is Cc1sc(-c2cncc(F)c2)nc1Cl. The zero-order valence-electron chi connectivity index (χ0n) is 7.29. The highest BCUT2D eigenvalue weighted by molar-refractivity contribution is 7.15. The molecule has 2 nitrogen and oxygen atoms in total. The van der Waals surface area contributed by atoms with Crippen LogP contribution in [0.15, 0.2) is 18.5 Å². The van der Waals surface area contributed by atoms with Gasteiger partial charge in [-0.25, -0.2) is 9.37 Å². The average Bonchev–Trinajstić information content (AvgIpc) is 2.47. The Kier molecular flexibility index (Phi) is 2.48. The fourth-order valence-corrected chi connectivity index (χ4v) is 2.07. The summed E-state index contributed by atoms with van der Waals surface area (Å²) in [5.41, 5.74) is 0.657. The number of hydrogen-bond donors (Lipinski definition) is 0. The second kappa shape index (κ2) is 3.63. The number of aryl methyl sites for hydroxylation is 1. The molecule has 0 N–H and O–H groups in total. The van der Waals surface area contributed by atoms with Gasteiger partial charge in [-0.1, -0.05) is 11.6 Å². The Morgan fingerprint density at radius 3 is 2.79 bits per heavy atom. The lowest BCUT2D eigenvalue weighted by Crippen LogP contribution is -1.81. The standard InChI is InChI=1S/C9H6ClFN2S/c1-5-8(10)13-9(14-5)6-2-7(11)4-12-3-6/h2-4H,1H3. The van der Waals surface area contributed by atoms with Crippen LogP contribution >= 0.6 is 22.9 Å². The Morgan fingerprint density at radius 2 is 2.21 bits per heavy atom. The van der Waals surface area contributed by atoms with E-state index in [1.807, 2.05) is 6.92 Å². The summed E-state index contributed by atoms with van der Waals surface area (Å²) in [6, 6.07) is 1.39. The molecule has 72 valence electrons. The molecule has 0 aromatic carbocycles. The summed E-state index contributed by atoms with van der Waals surface area (Å²) in [5.74, 6) is -0.369. The summed E-state index contributed by atoms with van der Waals surface area (Å²) in [7, 11) is 0. The van der Waals surface area contributed by atoms with Gasteiger partial charge in [0.2, 0.25) is 0 Å². The van der Waals surface area contributed by atoms with E-state index in [4.69, 9.17) is 11.6 Å². The van der Waals surface area contributed by atoms with Crippen LogP contribution in [0.4, 0.5) is 4.39 Å². The molecule has 0 unspecified atom stereocenters. The third-order valence-electron chi connectivity index (χ3n) is 1.69. The molecule has 0 amide bonds. The van der Waals surface area contributed by atoms with E-state index in [2.05, 4.69) is 9.97 Å². The minimum atomic E-state index is -0.369. The van der Waals surface area contributed by atoms with E-state index in [0.29, 0.717) is 15.7 Å². The van der Waals surface area contributed by atoms with Crippen LogP contribution in [0, 0.1) is 12.7 Å². The summed E-state index contributed by atoms with van der Waals surface area (Å²) in [5, 5.41) is 1.16. The first-order valence-corrected chi connectivity index (χ1v) is 5.10. The van der Waals surface area contributed by atoms with Crippen LogP contribution in [0.1, 0.15) is 4.88 Å². The summed E-state index contributed by atoms with van der Waals surface area (Å²) >= 11 is 7.23. The zero-order valence-corrected chi connectivity index (χ0v) is 8.86. The first kappa shape index (κ1) is 9.55. The van der Waals surface area contributed by atoms with Crippen molar-refractivity contribution in [3.63, 3.8) is 0 Å². The lowest BCUT2D eigenvalue weighted by molar-refractivity contribution is 0.622. The van der Waals surface area contributed by atoms with Crippen LogP contribution in [0.5, 0.6) is 0 Å². The van der Waals surface area contributed by atoms with Crippen molar-refractivity contribution in [3.05, 3.63) is 34.3 Å². The predicted molar refractivity (Wildman–Crippen MR) is 55.1 cm³/mol. The highest BCUT2D eigenvalue weighted by Gasteiger charge is 2.08. The maximum absolute atomic E-state index is 12.8. The Balaban J connectivity index is 2.49. The van der Waals surface area contributed by atoms with Crippen molar-refractivity contribution in [2.75, 3.05) is 0 Å². The van der Waals surface area contributed by atoms with E-state index in [1.54, 1.807) is 6.20 Å². The van der Waals surface area contributed by atoms with Crippen molar-refractivity contribution in [1.29, 1.82) is 0 Å². The van der Waals surface area contributed by atoms with Gasteiger partial charge in [-0.15, -0.1) is 11.3 Å². The van der Waals surface area contributed by atoms with Gasteiger partial charge in [0.1, 0.15) is 16.0 Å². The van der Waals surface area contributed by atoms with Crippen molar-refractivity contribution in [2.45, 2.75) is 6.92 Å². The smallest absolute Gasteiger partial charge is 0.143 e. The van der Waals surface area contributed by atoms with Crippen molar-refractivity contribution in [1.82, 2.24) is 9.97 Å². The molecule has 0 radical (unpaired) electrons. The van der Waals surface area contributed by atoms with Gasteiger partial charge in [-0.3, -0.25) is 4.98 Å². The molecule has 0 atom stereocenters. The largest absolute Gasteiger partial charge is 0.261 e. The quantitative estimate of drug-likeness (QED) is 0.749. The fourth-order valence-electron chi connectivity index (χ4n) is 1.03.